The van der Waals surface area contributed by atoms with Crippen molar-refractivity contribution in [1.82, 2.24) is 0 Å². The topological polar surface area (TPSA) is 55.1 Å². The SMILES string of the molecule is NC1CCCC1C(=O)Nc1c(F)c(F)c(F)c(F)c1F. The standard InChI is InChI=1S/C12H11F5N2O/c13-6-7(14)9(16)11(10(17)8(6)15)19-12(20)4-2-1-3-5(4)18/h4-5H,1-3,18H2,(H,19,20). The first kappa shape index (κ1) is 14.7. The van der Waals surface area contributed by atoms with Crippen LogP contribution in [-0.4, -0.2) is 11.9 Å². The van der Waals surface area contributed by atoms with E-state index >= 15 is 0 Å². The van der Waals surface area contributed by atoms with Crippen molar-refractivity contribution in [2.45, 2.75) is 25.3 Å². The molecule has 1 aliphatic carbocycles. The summed E-state index contributed by atoms with van der Waals surface area (Å²) >= 11 is 0. The molecule has 1 aromatic carbocycles. The number of carbonyl (C=O) groups is 1. The Hall–Kier alpha value is -1.70. The molecule has 2 unspecified atom stereocenters. The summed E-state index contributed by atoms with van der Waals surface area (Å²) in [5, 5.41) is 1.74. The molecule has 1 aliphatic rings. The Kier molecular flexibility index (Phi) is 3.94. The van der Waals surface area contributed by atoms with E-state index in [1.54, 1.807) is 5.32 Å². The van der Waals surface area contributed by atoms with Crippen LogP contribution >= 0.6 is 0 Å². The Bertz CT molecular complexity index is 534. The quantitative estimate of drug-likeness (QED) is 0.500. The molecule has 8 heteroatoms. The summed E-state index contributed by atoms with van der Waals surface area (Å²) < 4.78 is 65.5. The van der Waals surface area contributed by atoms with E-state index in [0.29, 0.717) is 19.3 Å². The van der Waals surface area contributed by atoms with Crippen LogP contribution in [0, 0.1) is 35.0 Å². The normalized spacial score (nSPS) is 22.1. The summed E-state index contributed by atoms with van der Waals surface area (Å²) in [7, 11) is 0. The van der Waals surface area contributed by atoms with Gasteiger partial charge in [0.15, 0.2) is 23.3 Å². The number of rotatable bonds is 2. The highest BCUT2D eigenvalue weighted by Crippen LogP contribution is 2.30. The molecule has 0 spiro atoms. The minimum absolute atomic E-state index is 0.405. The van der Waals surface area contributed by atoms with Crippen LogP contribution in [0.15, 0.2) is 0 Å². The maximum Gasteiger partial charge on any atom is 0.229 e. The molecule has 110 valence electrons. The van der Waals surface area contributed by atoms with Crippen molar-refractivity contribution in [3.8, 4) is 0 Å². The first-order valence-corrected chi connectivity index (χ1v) is 5.92. The van der Waals surface area contributed by atoms with Gasteiger partial charge in [-0.2, -0.15) is 0 Å². The second-order valence-electron chi connectivity index (χ2n) is 4.64. The molecule has 2 atom stereocenters. The van der Waals surface area contributed by atoms with Crippen LogP contribution in [0.3, 0.4) is 0 Å². The third-order valence-corrected chi connectivity index (χ3v) is 3.36. The maximum atomic E-state index is 13.4. The van der Waals surface area contributed by atoms with Crippen molar-refractivity contribution in [3.63, 3.8) is 0 Å². The molecule has 0 bridgehead atoms. The van der Waals surface area contributed by atoms with E-state index in [-0.39, 0.29) is 0 Å². The molecule has 1 aromatic rings. The Balaban J connectivity index is 2.32. The number of nitrogens with one attached hydrogen (secondary N) is 1. The molecule has 1 amide bonds. The Morgan fingerprint density at radius 3 is 1.90 bits per heavy atom. The number of anilines is 1. The van der Waals surface area contributed by atoms with E-state index in [1.165, 1.54) is 0 Å². The molecule has 0 radical (unpaired) electrons. The zero-order chi connectivity index (χ0) is 15.0. The minimum Gasteiger partial charge on any atom is -0.327 e. The predicted molar refractivity (Wildman–Crippen MR) is 60.2 cm³/mol. The predicted octanol–water partition coefficient (Wildman–Crippen LogP) is 2.45. The Morgan fingerprint density at radius 1 is 0.950 bits per heavy atom. The van der Waals surface area contributed by atoms with Crippen LogP contribution < -0.4 is 11.1 Å². The van der Waals surface area contributed by atoms with Crippen LogP contribution in [0.4, 0.5) is 27.6 Å². The fourth-order valence-electron chi connectivity index (χ4n) is 2.24. The van der Waals surface area contributed by atoms with E-state index in [0.717, 1.165) is 0 Å². The number of halogens is 5. The van der Waals surface area contributed by atoms with Gasteiger partial charge in [0.2, 0.25) is 11.7 Å². The fourth-order valence-corrected chi connectivity index (χ4v) is 2.24. The first-order valence-electron chi connectivity index (χ1n) is 5.92. The smallest absolute Gasteiger partial charge is 0.229 e. The summed E-state index contributed by atoms with van der Waals surface area (Å²) in [4.78, 5) is 11.8. The average Bonchev–Trinajstić information content (AvgIpc) is 2.85. The van der Waals surface area contributed by atoms with Crippen LogP contribution in [0.25, 0.3) is 0 Å². The summed E-state index contributed by atoms with van der Waals surface area (Å²) in [6, 6.07) is -0.490. The van der Waals surface area contributed by atoms with Gasteiger partial charge < -0.3 is 11.1 Å². The molecule has 0 aromatic heterocycles. The molecule has 1 fully saturated rings. The van der Waals surface area contributed by atoms with Crippen molar-refractivity contribution in [1.29, 1.82) is 0 Å². The second kappa shape index (κ2) is 5.35. The van der Waals surface area contributed by atoms with Gasteiger partial charge in [-0.15, -0.1) is 0 Å². The highest BCUT2D eigenvalue weighted by atomic mass is 19.2. The number of benzene rings is 1. The molecule has 0 aliphatic heterocycles. The Labute approximate surface area is 110 Å². The molecule has 3 N–H and O–H groups in total. The molecule has 3 nitrogen and oxygen atoms in total. The number of carbonyl (C=O) groups excluding carboxylic acids is 1. The summed E-state index contributed by atoms with van der Waals surface area (Å²) in [5.41, 5.74) is 4.29. The van der Waals surface area contributed by atoms with Crippen molar-refractivity contribution >= 4 is 11.6 Å². The van der Waals surface area contributed by atoms with Gasteiger partial charge in [0.1, 0.15) is 5.69 Å². The average molecular weight is 294 g/mol. The van der Waals surface area contributed by atoms with E-state index in [4.69, 9.17) is 5.73 Å². The largest absolute Gasteiger partial charge is 0.327 e. The number of nitrogens with two attached hydrogens (primary N) is 1. The van der Waals surface area contributed by atoms with E-state index in [1.807, 2.05) is 0 Å². The van der Waals surface area contributed by atoms with Gasteiger partial charge in [0, 0.05) is 6.04 Å². The van der Waals surface area contributed by atoms with Crippen LogP contribution in [-0.2, 0) is 4.79 Å². The molecule has 20 heavy (non-hydrogen) atoms. The molecule has 0 saturated heterocycles. The summed E-state index contributed by atoms with van der Waals surface area (Å²) in [6.45, 7) is 0. The third-order valence-electron chi connectivity index (χ3n) is 3.36. The van der Waals surface area contributed by atoms with Crippen molar-refractivity contribution in [2.75, 3.05) is 5.32 Å². The fraction of sp³-hybridized carbons (Fsp3) is 0.417. The van der Waals surface area contributed by atoms with E-state index < -0.39 is 52.6 Å². The highest BCUT2D eigenvalue weighted by Gasteiger charge is 2.33. The monoisotopic (exact) mass is 294 g/mol. The molecule has 0 heterocycles. The van der Waals surface area contributed by atoms with Crippen molar-refractivity contribution in [3.05, 3.63) is 29.1 Å². The van der Waals surface area contributed by atoms with Gasteiger partial charge >= 0.3 is 0 Å². The Morgan fingerprint density at radius 2 is 1.45 bits per heavy atom. The zero-order valence-electron chi connectivity index (χ0n) is 10.2. The lowest BCUT2D eigenvalue weighted by Crippen LogP contribution is -2.35. The van der Waals surface area contributed by atoms with Crippen LogP contribution in [0.1, 0.15) is 19.3 Å². The minimum atomic E-state index is -2.27. The van der Waals surface area contributed by atoms with Crippen LogP contribution in [0.2, 0.25) is 0 Å². The van der Waals surface area contributed by atoms with Gasteiger partial charge in [-0.3, -0.25) is 4.79 Å². The zero-order valence-corrected chi connectivity index (χ0v) is 10.2. The van der Waals surface area contributed by atoms with Crippen molar-refractivity contribution in [2.24, 2.45) is 11.7 Å². The van der Waals surface area contributed by atoms with E-state index in [9.17, 15) is 26.7 Å². The molecule has 1 saturated carbocycles. The second-order valence-corrected chi connectivity index (χ2v) is 4.64. The van der Waals surface area contributed by atoms with Crippen molar-refractivity contribution < 1.29 is 26.7 Å². The number of amides is 1. The maximum absolute atomic E-state index is 13.4. The molecular formula is C12H11F5N2O. The lowest BCUT2D eigenvalue weighted by molar-refractivity contribution is -0.120. The summed E-state index contributed by atoms with van der Waals surface area (Å²) in [6.07, 6.45) is 1.63. The van der Waals surface area contributed by atoms with Gasteiger partial charge in [-0.25, -0.2) is 22.0 Å². The molecule has 2 rings (SSSR count). The third kappa shape index (κ3) is 2.35. The molecular weight excluding hydrogens is 283 g/mol. The first-order chi connectivity index (χ1) is 9.34. The van der Waals surface area contributed by atoms with E-state index in [2.05, 4.69) is 0 Å². The lowest BCUT2D eigenvalue weighted by Gasteiger charge is -2.16. The van der Waals surface area contributed by atoms with Gasteiger partial charge in [0.05, 0.1) is 5.92 Å². The number of hydrogen-bond acceptors (Lipinski definition) is 2. The van der Waals surface area contributed by atoms with Gasteiger partial charge in [-0.1, -0.05) is 6.42 Å². The van der Waals surface area contributed by atoms with Gasteiger partial charge in [-0.05, 0) is 12.8 Å². The summed E-state index contributed by atoms with van der Waals surface area (Å²) in [5.74, 6) is -12.2. The number of hydrogen-bond donors (Lipinski definition) is 2. The lowest BCUT2D eigenvalue weighted by atomic mass is 10.0. The highest BCUT2D eigenvalue weighted by molar-refractivity contribution is 5.93. The van der Waals surface area contributed by atoms with Crippen LogP contribution in [0.5, 0.6) is 0 Å². The van der Waals surface area contributed by atoms with Gasteiger partial charge in [0.25, 0.3) is 0 Å².